The van der Waals surface area contributed by atoms with Crippen molar-refractivity contribution in [1.82, 2.24) is 4.98 Å². The number of aromatic nitrogens is 1. The first-order valence-electron chi connectivity index (χ1n) is 9.52. The Balaban J connectivity index is 1.66. The van der Waals surface area contributed by atoms with E-state index in [2.05, 4.69) is 4.98 Å². The standard InChI is InChI=1S/C22H25NO3/c1-25-20-6-5-17(19(24)15-16-8-13-23-14-9-16)18-7-12-22(26-21(18)20)10-3-2-4-11-22/h5-6,8-9,13-14H,2-4,7,10-12,15H2,1H3. The number of methoxy groups -OCH3 is 1. The third-order valence-corrected chi connectivity index (χ3v) is 5.77. The van der Waals surface area contributed by atoms with Gasteiger partial charge in [-0.3, -0.25) is 9.78 Å². The molecule has 4 heteroatoms. The first-order chi connectivity index (χ1) is 12.7. The van der Waals surface area contributed by atoms with Crippen LogP contribution in [0, 0.1) is 0 Å². The molecule has 0 saturated heterocycles. The summed E-state index contributed by atoms with van der Waals surface area (Å²) in [4.78, 5) is 17.0. The van der Waals surface area contributed by atoms with Crippen molar-refractivity contribution in [3.8, 4) is 11.5 Å². The van der Waals surface area contributed by atoms with E-state index in [0.29, 0.717) is 6.42 Å². The summed E-state index contributed by atoms with van der Waals surface area (Å²) in [5, 5.41) is 0. The van der Waals surface area contributed by atoms with Crippen molar-refractivity contribution in [1.29, 1.82) is 0 Å². The van der Waals surface area contributed by atoms with Crippen LogP contribution in [0.3, 0.4) is 0 Å². The zero-order valence-electron chi connectivity index (χ0n) is 15.3. The Kier molecular flexibility index (Phi) is 4.66. The molecule has 0 unspecified atom stereocenters. The Labute approximate surface area is 154 Å². The van der Waals surface area contributed by atoms with Gasteiger partial charge in [-0.15, -0.1) is 0 Å². The second-order valence-electron chi connectivity index (χ2n) is 7.42. The number of ether oxygens (including phenoxy) is 2. The van der Waals surface area contributed by atoms with Gasteiger partial charge in [-0.25, -0.2) is 0 Å². The van der Waals surface area contributed by atoms with E-state index in [0.717, 1.165) is 53.9 Å². The fraction of sp³-hybridized carbons (Fsp3) is 0.455. The molecule has 1 fully saturated rings. The van der Waals surface area contributed by atoms with Crippen LogP contribution in [0.5, 0.6) is 11.5 Å². The number of pyridine rings is 1. The van der Waals surface area contributed by atoms with Crippen molar-refractivity contribution in [3.05, 3.63) is 53.3 Å². The summed E-state index contributed by atoms with van der Waals surface area (Å²) in [5.41, 5.74) is 2.70. The molecule has 2 aliphatic rings. The van der Waals surface area contributed by atoms with Crippen LogP contribution in [0.15, 0.2) is 36.7 Å². The molecule has 4 rings (SSSR count). The van der Waals surface area contributed by atoms with E-state index < -0.39 is 0 Å². The van der Waals surface area contributed by atoms with E-state index >= 15 is 0 Å². The first-order valence-corrected chi connectivity index (χ1v) is 9.52. The normalized spacial score (nSPS) is 18.0. The van der Waals surface area contributed by atoms with Gasteiger partial charge in [0.15, 0.2) is 17.3 Å². The molecule has 2 aromatic rings. The summed E-state index contributed by atoms with van der Waals surface area (Å²) >= 11 is 0. The van der Waals surface area contributed by atoms with Crippen LogP contribution < -0.4 is 9.47 Å². The highest BCUT2D eigenvalue weighted by Gasteiger charge is 2.39. The highest BCUT2D eigenvalue weighted by molar-refractivity contribution is 5.99. The fourth-order valence-electron chi connectivity index (χ4n) is 4.34. The van der Waals surface area contributed by atoms with E-state index in [-0.39, 0.29) is 11.4 Å². The van der Waals surface area contributed by atoms with Crippen LogP contribution in [-0.4, -0.2) is 23.5 Å². The maximum absolute atomic E-state index is 12.9. The molecule has 1 aromatic carbocycles. The maximum Gasteiger partial charge on any atom is 0.167 e. The number of benzene rings is 1. The fourth-order valence-corrected chi connectivity index (χ4v) is 4.34. The molecule has 1 aromatic heterocycles. The number of fused-ring (bicyclic) bond motifs is 1. The Morgan fingerprint density at radius 2 is 1.88 bits per heavy atom. The summed E-state index contributed by atoms with van der Waals surface area (Å²) in [6.07, 6.45) is 11.6. The van der Waals surface area contributed by atoms with Gasteiger partial charge in [0.1, 0.15) is 5.60 Å². The summed E-state index contributed by atoms with van der Waals surface area (Å²) in [6, 6.07) is 7.55. The van der Waals surface area contributed by atoms with E-state index in [9.17, 15) is 4.79 Å². The van der Waals surface area contributed by atoms with Gasteiger partial charge in [0, 0.05) is 29.9 Å². The van der Waals surface area contributed by atoms with Gasteiger partial charge in [0.05, 0.1) is 7.11 Å². The molecule has 1 spiro atoms. The number of Topliss-reactive ketones (excluding diaryl/α,β-unsaturated/α-hetero) is 1. The van der Waals surface area contributed by atoms with E-state index in [1.807, 2.05) is 24.3 Å². The Hall–Kier alpha value is -2.36. The third-order valence-electron chi connectivity index (χ3n) is 5.77. The number of ketones is 1. The lowest BCUT2D eigenvalue weighted by atomic mass is 9.78. The number of hydrogen-bond donors (Lipinski definition) is 0. The molecule has 2 heterocycles. The van der Waals surface area contributed by atoms with Gasteiger partial charge in [0.25, 0.3) is 0 Å². The lowest BCUT2D eigenvalue weighted by Crippen LogP contribution is -2.41. The highest BCUT2D eigenvalue weighted by atomic mass is 16.5. The van der Waals surface area contributed by atoms with Crippen molar-refractivity contribution in [2.45, 2.75) is 57.0 Å². The minimum atomic E-state index is -0.0642. The molecule has 0 atom stereocenters. The third kappa shape index (κ3) is 3.20. The van der Waals surface area contributed by atoms with Crippen molar-refractivity contribution in [3.63, 3.8) is 0 Å². The molecule has 0 bridgehead atoms. The number of rotatable bonds is 4. The van der Waals surface area contributed by atoms with Crippen molar-refractivity contribution < 1.29 is 14.3 Å². The molecular weight excluding hydrogens is 326 g/mol. The molecular formula is C22H25NO3. The zero-order chi connectivity index (χ0) is 18.0. The molecule has 1 aliphatic carbocycles. The largest absolute Gasteiger partial charge is 0.493 e. The van der Waals surface area contributed by atoms with Crippen molar-refractivity contribution >= 4 is 5.78 Å². The average Bonchev–Trinajstić information content (AvgIpc) is 2.68. The average molecular weight is 351 g/mol. The summed E-state index contributed by atoms with van der Waals surface area (Å²) in [6.45, 7) is 0. The number of carbonyl (C=O) groups is 1. The van der Waals surface area contributed by atoms with Crippen molar-refractivity contribution in [2.24, 2.45) is 0 Å². The van der Waals surface area contributed by atoms with E-state index in [4.69, 9.17) is 9.47 Å². The quantitative estimate of drug-likeness (QED) is 0.759. The molecule has 1 saturated carbocycles. The first kappa shape index (κ1) is 17.1. The second kappa shape index (κ2) is 7.10. The number of carbonyl (C=O) groups excluding carboxylic acids is 1. The lowest BCUT2D eigenvalue weighted by molar-refractivity contribution is 0.00815. The summed E-state index contributed by atoms with van der Waals surface area (Å²) in [7, 11) is 1.67. The maximum atomic E-state index is 12.9. The Morgan fingerprint density at radius 1 is 1.12 bits per heavy atom. The molecule has 0 amide bonds. The minimum Gasteiger partial charge on any atom is -0.493 e. The SMILES string of the molecule is COc1ccc(C(=O)Cc2ccncc2)c2c1OC1(CCCCC1)CC2. The van der Waals surface area contributed by atoms with Crippen LogP contribution in [0.2, 0.25) is 0 Å². The molecule has 26 heavy (non-hydrogen) atoms. The zero-order valence-corrected chi connectivity index (χ0v) is 15.3. The molecule has 4 nitrogen and oxygen atoms in total. The molecule has 0 N–H and O–H groups in total. The highest BCUT2D eigenvalue weighted by Crippen LogP contribution is 2.46. The predicted octanol–water partition coefficient (Wildman–Crippen LogP) is 4.54. The van der Waals surface area contributed by atoms with Gasteiger partial charge in [-0.2, -0.15) is 0 Å². The number of hydrogen-bond acceptors (Lipinski definition) is 4. The second-order valence-corrected chi connectivity index (χ2v) is 7.42. The Morgan fingerprint density at radius 3 is 2.62 bits per heavy atom. The van der Waals surface area contributed by atoms with Gasteiger partial charge in [-0.05, 0) is 68.4 Å². The lowest BCUT2D eigenvalue weighted by Gasteiger charge is -2.42. The summed E-state index contributed by atoms with van der Waals surface area (Å²) in [5.74, 6) is 1.66. The number of nitrogens with zero attached hydrogens (tertiary/aromatic N) is 1. The van der Waals surface area contributed by atoms with Crippen LogP contribution >= 0.6 is 0 Å². The Bertz CT molecular complexity index is 795. The predicted molar refractivity (Wildman–Crippen MR) is 100 cm³/mol. The van der Waals surface area contributed by atoms with Crippen LogP contribution in [0.4, 0.5) is 0 Å². The molecule has 136 valence electrons. The van der Waals surface area contributed by atoms with Crippen LogP contribution in [0.1, 0.15) is 60.0 Å². The van der Waals surface area contributed by atoms with E-state index in [1.54, 1.807) is 19.5 Å². The van der Waals surface area contributed by atoms with Crippen molar-refractivity contribution in [2.75, 3.05) is 7.11 Å². The van der Waals surface area contributed by atoms with E-state index in [1.165, 1.54) is 19.3 Å². The van der Waals surface area contributed by atoms with Gasteiger partial charge >= 0.3 is 0 Å². The van der Waals surface area contributed by atoms with Crippen LogP contribution in [-0.2, 0) is 12.8 Å². The van der Waals surface area contributed by atoms with Crippen LogP contribution in [0.25, 0.3) is 0 Å². The molecule has 0 radical (unpaired) electrons. The van der Waals surface area contributed by atoms with Gasteiger partial charge in [-0.1, -0.05) is 6.42 Å². The topological polar surface area (TPSA) is 48.4 Å². The monoisotopic (exact) mass is 351 g/mol. The van der Waals surface area contributed by atoms with Gasteiger partial charge in [0.2, 0.25) is 0 Å². The summed E-state index contributed by atoms with van der Waals surface area (Å²) < 4.78 is 12.1. The molecule has 1 aliphatic heterocycles. The van der Waals surface area contributed by atoms with Gasteiger partial charge < -0.3 is 9.47 Å². The minimum absolute atomic E-state index is 0.0642. The smallest absolute Gasteiger partial charge is 0.167 e.